The molecule has 1 amide bonds. The van der Waals surface area contributed by atoms with Gasteiger partial charge < -0.3 is 4.90 Å². The summed E-state index contributed by atoms with van der Waals surface area (Å²) in [5.74, 6) is -0.530. The molecule has 0 saturated heterocycles. The van der Waals surface area contributed by atoms with E-state index in [0.717, 1.165) is 16.8 Å². The van der Waals surface area contributed by atoms with Crippen molar-refractivity contribution in [3.8, 4) is 0 Å². The van der Waals surface area contributed by atoms with Crippen molar-refractivity contribution in [3.05, 3.63) is 58.6 Å². The van der Waals surface area contributed by atoms with E-state index in [0.29, 0.717) is 22.2 Å². The Bertz CT molecular complexity index is 1000. The Balaban J connectivity index is 2.00. The van der Waals surface area contributed by atoms with Gasteiger partial charge in [-0.15, -0.1) is 0 Å². The van der Waals surface area contributed by atoms with Crippen molar-refractivity contribution in [2.24, 2.45) is 0 Å². The van der Waals surface area contributed by atoms with Crippen LogP contribution in [0.3, 0.4) is 0 Å². The van der Waals surface area contributed by atoms with Crippen LogP contribution in [0.4, 0.5) is 18.3 Å². The molecule has 9 heteroatoms. The fourth-order valence-electron chi connectivity index (χ4n) is 2.57. The second kappa shape index (κ2) is 8.06. The molecule has 4 nitrogen and oxygen atoms in total. The number of anilines is 1. The van der Waals surface area contributed by atoms with Gasteiger partial charge in [0.15, 0.2) is 5.13 Å². The highest BCUT2D eigenvalue weighted by atomic mass is 35.5. The molecule has 1 heterocycles. The first-order chi connectivity index (χ1) is 13.1. The Morgan fingerprint density at radius 2 is 1.89 bits per heavy atom. The Kier molecular flexibility index (Phi) is 5.92. The van der Waals surface area contributed by atoms with E-state index in [1.165, 1.54) is 28.4 Å². The number of nitrogens with zero attached hydrogens (tertiary/aromatic N) is 3. The number of halogens is 4. The average molecular weight is 428 g/mol. The summed E-state index contributed by atoms with van der Waals surface area (Å²) in [7, 11) is 3.70. The molecule has 0 aliphatic heterocycles. The molecular weight excluding hydrogens is 411 g/mol. The van der Waals surface area contributed by atoms with E-state index in [2.05, 4.69) is 4.98 Å². The first kappa shape index (κ1) is 20.6. The van der Waals surface area contributed by atoms with E-state index in [1.54, 1.807) is 18.2 Å². The molecule has 1 aromatic heterocycles. The Morgan fingerprint density at radius 3 is 2.57 bits per heavy atom. The molecule has 0 fully saturated rings. The van der Waals surface area contributed by atoms with E-state index < -0.39 is 17.6 Å². The number of likely N-dealkylation sites (N-methyl/N-ethyl adjacent to an activating group) is 1. The predicted molar refractivity (Wildman–Crippen MR) is 106 cm³/mol. The summed E-state index contributed by atoms with van der Waals surface area (Å²) in [5.41, 5.74) is -0.219. The van der Waals surface area contributed by atoms with E-state index in [-0.39, 0.29) is 12.1 Å². The van der Waals surface area contributed by atoms with E-state index in [9.17, 15) is 18.0 Å². The van der Waals surface area contributed by atoms with Crippen molar-refractivity contribution in [1.29, 1.82) is 0 Å². The smallest absolute Gasteiger partial charge is 0.308 e. The summed E-state index contributed by atoms with van der Waals surface area (Å²) >= 11 is 7.29. The zero-order chi connectivity index (χ0) is 20.5. The maximum absolute atomic E-state index is 13.1. The number of rotatable bonds is 5. The zero-order valence-corrected chi connectivity index (χ0v) is 16.7. The Morgan fingerprint density at radius 1 is 1.14 bits per heavy atom. The van der Waals surface area contributed by atoms with Gasteiger partial charge in [-0.05, 0) is 50.5 Å². The summed E-state index contributed by atoms with van der Waals surface area (Å²) < 4.78 is 39.9. The first-order valence-electron chi connectivity index (χ1n) is 8.35. The lowest BCUT2D eigenvalue weighted by Gasteiger charge is -2.22. The Labute approximate surface area is 169 Å². The van der Waals surface area contributed by atoms with Gasteiger partial charge in [-0.2, -0.15) is 13.2 Å². The highest BCUT2D eigenvalue weighted by molar-refractivity contribution is 7.22. The number of thiazole rings is 1. The molecule has 0 aliphatic carbocycles. The highest BCUT2D eigenvalue weighted by Gasteiger charge is 2.31. The Hall–Kier alpha value is -2.16. The van der Waals surface area contributed by atoms with Crippen molar-refractivity contribution in [2.75, 3.05) is 32.1 Å². The molecule has 0 spiro atoms. The quantitative estimate of drug-likeness (QED) is 0.563. The van der Waals surface area contributed by atoms with Gasteiger partial charge in [-0.25, -0.2) is 4.98 Å². The molecule has 28 heavy (non-hydrogen) atoms. The van der Waals surface area contributed by atoms with Crippen LogP contribution in [0, 0.1) is 0 Å². The van der Waals surface area contributed by atoms with Gasteiger partial charge in [0.25, 0.3) is 5.91 Å². The summed E-state index contributed by atoms with van der Waals surface area (Å²) in [5, 5.41) is 0.966. The largest absolute Gasteiger partial charge is 0.416 e. The monoisotopic (exact) mass is 427 g/mol. The highest BCUT2D eigenvalue weighted by Crippen LogP contribution is 2.33. The molecule has 0 aliphatic rings. The summed E-state index contributed by atoms with van der Waals surface area (Å²) in [4.78, 5) is 20.8. The third-order valence-electron chi connectivity index (χ3n) is 4.02. The molecule has 3 rings (SSSR count). The number of aromatic nitrogens is 1. The lowest BCUT2D eigenvalue weighted by molar-refractivity contribution is -0.137. The number of fused-ring (bicyclic) bond motifs is 1. The van der Waals surface area contributed by atoms with E-state index in [4.69, 9.17) is 11.6 Å². The average Bonchev–Trinajstić information content (AvgIpc) is 3.03. The van der Waals surface area contributed by atoms with Crippen LogP contribution in [-0.2, 0) is 6.18 Å². The third kappa shape index (κ3) is 4.63. The topological polar surface area (TPSA) is 36.4 Å². The van der Waals surface area contributed by atoms with Gasteiger partial charge in [0.05, 0.1) is 15.8 Å². The van der Waals surface area contributed by atoms with Crippen molar-refractivity contribution in [1.82, 2.24) is 9.88 Å². The number of hydrogen-bond acceptors (Lipinski definition) is 4. The molecular formula is C19H17ClF3N3OS. The maximum atomic E-state index is 13.1. The van der Waals surface area contributed by atoms with Gasteiger partial charge in [0.1, 0.15) is 0 Å². The van der Waals surface area contributed by atoms with Crippen molar-refractivity contribution < 1.29 is 18.0 Å². The van der Waals surface area contributed by atoms with Crippen LogP contribution >= 0.6 is 22.9 Å². The lowest BCUT2D eigenvalue weighted by atomic mass is 10.1. The van der Waals surface area contributed by atoms with Crippen LogP contribution in [0.5, 0.6) is 0 Å². The number of carbonyl (C=O) groups is 1. The maximum Gasteiger partial charge on any atom is 0.416 e. The standard InChI is InChI=1S/C19H17ClF3N3OS/c1-25(2)8-9-26(18-24-15-7-6-14(20)11-16(15)28-18)17(27)12-4-3-5-13(10-12)19(21,22)23/h3-7,10-11H,8-9H2,1-2H3. The minimum Gasteiger partial charge on any atom is -0.308 e. The summed E-state index contributed by atoms with van der Waals surface area (Å²) in [6.07, 6.45) is -4.52. The minimum atomic E-state index is -4.52. The van der Waals surface area contributed by atoms with Gasteiger partial charge in [-0.1, -0.05) is 29.0 Å². The molecule has 0 saturated carbocycles. The van der Waals surface area contributed by atoms with Gasteiger partial charge in [-0.3, -0.25) is 9.69 Å². The van der Waals surface area contributed by atoms with Crippen LogP contribution in [0.2, 0.25) is 5.02 Å². The van der Waals surface area contributed by atoms with Crippen LogP contribution in [-0.4, -0.2) is 43.0 Å². The van der Waals surface area contributed by atoms with E-state index in [1.807, 2.05) is 19.0 Å². The molecule has 0 bridgehead atoms. The predicted octanol–water partition coefficient (Wildman–Crippen LogP) is 5.18. The van der Waals surface area contributed by atoms with Crippen LogP contribution in [0.25, 0.3) is 10.2 Å². The number of amides is 1. The normalized spacial score (nSPS) is 12.0. The van der Waals surface area contributed by atoms with Crippen molar-refractivity contribution >= 4 is 44.2 Å². The van der Waals surface area contributed by atoms with Crippen molar-refractivity contribution in [2.45, 2.75) is 6.18 Å². The van der Waals surface area contributed by atoms with Crippen molar-refractivity contribution in [3.63, 3.8) is 0 Å². The van der Waals surface area contributed by atoms with Gasteiger partial charge in [0, 0.05) is 23.7 Å². The second-order valence-electron chi connectivity index (χ2n) is 6.45. The molecule has 2 aromatic carbocycles. The SMILES string of the molecule is CN(C)CCN(C(=O)c1cccc(C(F)(F)F)c1)c1nc2ccc(Cl)cc2s1. The number of carbonyl (C=O) groups excluding carboxylic acids is 1. The van der Waals surface area contributed by atoms with Crippen LogP contribution in [0.15, 0.2) is 42.5 Å². The molecule has 0 unspecified atom stereocenters. The number of hydrogen-bond donors (Lipinski definition) is 0. The molecule has 0 N–H and O–H groups in total. The third-order valence-corrected chi connectivity index (χ3v) is 5.30. The zero-order valence-electron chi connectivity index (χ0n) is 15.1. The van der Waals surface area contributed by atoms with Gasteiger partial charge >= 0.3 is 6.18 Å². The van der Waals surface area contributed by atoms with E-state index >= 15 is 0 Å². The molecule has 0 radical (unpaired) electrons. The molecule has 0 atom stereocenters. The molecule has 3 aromatic rings. The summed E-state index contributed by atoms with van der Waals surface area (Å²) in [6.45, 7) is 0.816. The summed E-state index contributed by atoms with van der Waals surface area (Å²) in [6, 6.07) is 9.62. The molecule has 148 valence electrons. The minimum absolute atomic E-state index is 0.0362. The van der Waals surface area contributed by atoms with Crippen LogP contribution in [0.1, 0.15) is 15.9 Å². The number of alkyl halides is 3. The second-order valence-corrected chi connectivity index (χ2v) is 7.89. The number of benzene rings is 2. The lowest BCUT2D eigenvalue weighted by Crippen LogP contribution is -2.36. The first-order valence-corrected chi connectivity index (χ1v) is 9.54. The fraction of sp³-hybridized carbons (Fsp3) is 0.263. The van der Waals surface area contributed by atoms with Gasteiger partial charge in [0.2, 0.25) is 0 Å². The fourth-order valence-corrected chi connectivity index (χ4v) is 3.84. The van der Waals surface area contributed by atoms with Crippen LogP contribution < -0.4 is 4.90 Å².